The second kappa shape index (κ2) is 4.97. The summed E-state index contributed by atoms with van der Waals surface area (Å²) in [5.41, 5.74) is 0.600. The van der Waals surface area contributed by atoms with Crippen molar-refractivity contribution in [2.45, 2.75) is 34.6 Å². The van der Waals surface area contributed by atoms with Gasteiger partial charge in [-0.1, -0.05) is 34.6 Å². The number of rotatable bonds is 5. The fourth-order valence-electron chi connectivity index (χ4n) is 1.22. The molecule has 0 saturated carbocycles. The van der Waals surface area contributed by atoms with Crippen LogP contribution in [-0.4, -0.2) is 26.8 Å². The minimum Gasteiger partial charge on any atom is -0.384 e. The molecule has 0 aromatic carbocycles. The Labute approximate surface area is 83.1 Å². The Balaban J connectivity index is 3.63. The van der Waals surface area contributed by atoms with Crippen LogP contribution in [0.15, 0.2) is 0 Å². The van der Waals surface area contributed by atoms with Crippen molar-refractivity contribution in [2.75, 3.05) is 26.8 Å². The first-order chi connectivity index (χ1) is 5.77. The molecular formula is C11H25NO. The Morgan fingerprint density at radius 1 is 1.00 bits per heavy atom. The zero-order valence-corrected chi connectivity index (χ0v) is 10.0. The van der Waals surface area contributed by atoms with Crippen LogP contribution in [0.2, 0.25) is 0 Å². The van der Waals surface area contributed by atoms with Crippen LogP contribution in [0, 0.1) is 10.8 Å². The van der Waals surface area contributed by atoms with E-state index in [2.05, 4.69) is 39.9 Å². The zero-order valence-electron chi connectivity index (χ0n) is 10.0. The minimum atomic E-state index is 0.236. The topological polar surface area (TPSA) is 21.3 Å². The molecule has 0 aliphatic carbocycles. The molecule has 0 unspecified atom stereocenters. The third kappa shape index (κ3) is 8.26. The van der Waals surface area contributed by atoms with Crippen molar-refractivity contribution in [3.05, 3.63) is 0 Å². The molecule has 2 nitrogen and oxygen atoms in total. The van der Waals surface area contributed by atoms with E-state index in [9.17, 15) is 0 Å². The quantitative estimate of drug-likeness (QED) is 0.713. The van der Waals surface area contributed by atoms with E-state index in [1.807, 2.05) is 0 Å². The predicted molar refractivity (Wildman–Crippen MR) is 58.0 cm³/mol. The number of hydrogen-bond donors (Lipinski definition) is 1. The molecule has 0 rings (SSSR count). The Bertz CT molecular complexity index is 136. The van der Waals surface area contributed by atoms with Crippen molar-refractivity contribution in [3.63, 3.8) is 0 Å². The molecule has 0 atom stereocenters. The van der Waals surface area contributed by atoms with Gasteiger partial charge in [0.15, 0.2) is 0 Å². The van der Waals surface area contributed by atoms with Crippen molar-refractivity contribution in [2.24, 2.45) is 10.8 Å². The summed E-state index contributed by atoms with van der Waals surface area (Å²) < 4.78 is 5.15. The molecule has 0 bridgehead atoms. The van der Waals surface area contributed by atoms with E-state index < -0.39 is 0 Å². The van der Waals surface area contributed by atoms with Gasteiger partial charge in [0.05, 0.1) is 6.61 Å². The average Bonchev–Trinajstić information content (AvgIpc) is 1.82. The molecule has 0 amide bonds. The Morgan fingerprint density at radius 2 is 1.54 bits per heavy atom. The second-order valence-corrected chi connectivity index (χ2v) is 5.76. The summed E-state index contributed by atoms with van der Waals surface area (Å²) in [4.78, 5) is 0. The highest BCUT2D eigenvalue weighted by atomic mass is 16.5. The molecular weight excluding hydrogens is 162 g/mol. The van der Waals surface area contributed by atoms with Crippen molar-refractivity contribution < 1.29 is 4.74 Å². The van der Waals surface area contributed by atoms with Crippen molar-refractivity contribution >= 4 is 0 Å². The molecule has 0 fully saturated rings. The fraction of sp³-hybridized carbons (Fsp3) is 1.00. The standard InChI is InChI=1S/C11H25NO/c1-10(2,3)7-12-8-11(4,5)9-13-6/h12H,7-9H2,1-6H3. The highest BCUT2D eigenvalue weighted by Crippen LogP contribution is 2.15. The molecule has 0 aliphatic rings. The first-order valence-corrected chi connectivity index (χ1v) is 4.96. The van der Waals surface area contributed by atoms with Gasteiger partial charge < -0.3 is 10.1 Å². The summed E-state index contributed by atoms with van der Waals surface area (Å²) >= 11 is 0. The van der Waals surface area contributed by atoms with Crippen molar-refractivity contribution in [3.8, 4) is 0 Å². The average molecular weight is 187 g/mol. The van der Waals surface area contributed by atoms with Crippen LogP contribution in [0.4, 0.5) is 0 Å². The van der Waals surface area contributed by atoms with Gasteiger partial charge in [-0.25, -0.2) is 0 Å². The monoisotopic (exact) mass is 187 g/mol. The van der Waals surface area contributed by atoms with Gasteiger partial charge in [0.2, 0.25) is 0 Å². The van der Waals surface area contributed by atoms with Crippen LogP contribution in [0.25, 0.3) is 0 Å². The predicted octanol–water partition coefficient (Wildman–Crippen LogP) is 2.29. The largest absolute Gasteiger partial charge is 0.384 e. The minimum absolute atomic E-state index is 0.236. The van der Waals surface area contributed by atoms with Crippen LogP contribution >= 0.6 is 0 Å². The molecule has 0 heterocycles. The first kappa shape index (κ1) is 12.9. The van der Waals surface area contributed by atoms with Gasteiger partial charge in [0.1, 0.15) is 0 Å². The van der Waals surface area contributed by atoms with Crippen LogP contribution in [-0.2, 0) is 4.74 Å². The highest BCUT2D eigenvalue weighted by Gasteiger charge is 2.18. The zero-order chi connectivity index (χ0) is 10.5. The summed E-state index contributed by atoms with van der Waals surface area (Å²) in [6.45, 7) is 14.0. The molecule has 2 heteroatoms. The van der Waals surface area contributed by atoms with E-state index in [1.165, 1.54) is 0 Å². The highest BCUT2D eigenvalue weighted by molar-refractivity contribution is 4.73. The SMILES string of the molecule is COCC(C)(C)CNCC(C)(C)C. The number of nitrogens with one attached hydrogen (secondary N) is 1. The number of methoxy groups -OCH3 is 1. The fourth-order valence-corrected chi connectivity index (χ4v) is 1.22. The molecule has 0 aromatic heterocycles. The van der Waals surface area contributed by atoms with Gasteiger partial charge in [-0.05, 0) is 5.41 Å². The number of hydrogen-bond acceptors (Lipinski definition) is 2. The molecule has 0 saturated heterocycles. The van der Waals surface area contributed by atoms with E-state index in [4.69, 9.17) is 4.74 Å². The molecule has 80 valence electrons. The molecule has 0 aliphatic heterocycles. The van der Waals surface area contributed by atoms with Crippen molar-refractivity contribution in [1.29, 1.82) is 0 Å². The van der Waals surface area contributed by atoms with Crippen LogP contribution in [0.5, 0.6) is 0 Å². The van der Waals surface area contributed by atoms with E-state index in [-0.39, 0.29) is 5.41 Å². The molecule has 1 N–H and O–H groups in total. The van der Waals surface area contributed by atoms with Gasteiger partial charge >= 0.3 is 0 Å². The Morgan fingerprint density at radius 3 is 1.92 bits per heavy atom. The van der Waals surface area contributed by atoms with E-state index >= 15 is 0 Å². The van der Waals surface area contributed by atoms with Gasteiger partial charge in [0, 0.05) is 25.6 Å². The lowest BCUT2D eigenvalue weighted by molar-refractivity contribution is 0.102. The maximum Gasteiger partial charge on any atom is 0.0525 e. The smallest absolute Gasteiger partial charge is 0.0525 e. The number of ether oxygens (including phenoxy) is 1. The molecule has 13 heavy (non-hydrogen) atoms. The van der Waals surface area contributed by atoms with Gasteiger partial charge in [-0.2, -0.15) is 0 Å². The summed E-state index contributed by atoms with van der Waals surface area (Å²) in [5.74, 6) is 0. The maximum absolute atomic E-state index is 5.15. The second-order valence-electron chi connectivity index (χ2n) is 5.76. The van der Waals surface area contributed by atoms with Crippen LogP contribution in [0.3, 0.4) is 0 Å². The molecule has 0 aromatic rings. The van der Waals surface area contributed by atoms with Crippen LogP contribution < -0.4 is 5.32 Å². The first-order valence-electron chi connectivity index (χ1n) is 4.96. The summed E-state index contributed by atoms with van der Waals surface area (Å²) in [5, 5.41) is 3.47. The lowest BCUT2D eigenvalue weighted by Gasteiger charge is -2.27. The van der Waals surface area contributed by atoms with Crippen LogP contribution in [0.1, 0.15) is 34.6 Å². The van der Waals surface area contributed by atoms with Crippen molar-refractivity contribution in [1.82, 2.24) is 5.32 Å². The summed E-state index contributed by atoms with van der Waals surface area (Å²) in [7, 11) is 1.76. The molecule has 0 radical (unpaired) electrons. The lowest BCUT2D eigenvalue weighted by Crippen LogP contribution is -2.37. The Kier molecular flexibility index (Phi) is 4.93. The van der Waals surface area contributed by atoms with E-state index in [0.29, 0.717) is 5.41 Å². The summed E-state index contributed by atoms with van der Waals surface area (Å²) in [6.07, 6.45) is 0. The Hall–Kier alpha value is -0.0800. The third-order valence-corrected chi connectivity index (χ3v) is 1.79. The van der Waals surface area contributed by atoms with E-state index in [0.717, 1.165) is 19.7 Å². The van der Waals surface area contributed by atoms with E-state index in [1.54, 1.807) is 7.11 Å². The van der Waals surface area contributed by atoms with Gasteiger partial charge in [0.25, 0.3) is 0 Å². The third-order valence-electron chi connectivity index (χ3n) is 1.79. The van der Waals surface area contributed by atoms with Gasteiger partial charge in [-0.3, -0.25) is 0 Å². The maximum atomic E-state index is 5.15. The normalized spacial score (nSPS) is 13.4. The molecule has 0 spiro atoms. The van der Waals surface area contributed by atoms with Gasteiger partial charge in [-0.15, -0.1) is 0 Å². The lowest BCUT2D eigenvalue weighted by atomic mass is 9.92. The summed E-state index contributed by atoms with van der Waals surface area (Å²) in [6, 6.07) is 0.